The van der Waals surface area contributed by atoms with Crippen molar-refractivity contribution < 1.29 is 17.9 Å². The quantitative estimate of drug-likeness (QED) is 0.419. The molecule has 0 saturated carbocycles. The topological polar surface area (TPSA) is 108 Å². The van der Waals surface area contributed by atoms with E-state index in [0.717, 1.165) is 11.1 Å². The molecule has 0 saturated heterocycles. The molecule has 0 aliphatic rings. The molecule has 7 nitrogen and oxygen atoms in total. The monoisotopic (exact) mass is 399 g/mol. The van der Waals surface area contributed by atoms with E-state index < -0.39 is 16.0 Å². The van der Waals surface area contributed by atoms with Crippen molar-refractivity contribution in [2.24, 2.45) is 0 Å². The van der Waals surface area contributed by atoms with Crippen LogP contribution in [-0.2, 0) is 19.6 Å². The zero-order valence-electron chi connectivity index (χ0n) is 15.8. The maximum atomic E-state index is 12.7. The van der Waals surface area contributed by atoms with Gasteiger partial charge in [-0.2, -0.15) is 5.26 Å². The number of hydrogen-bond donors (Lipinski definition) is 2. The van der Waals surface area contributed by atoms with Crippen LogP contribution in [0.5, 0.6) is 0 Å². The van der Waals surface area contributed by atoms with Crippen molar-refractivity contribution in [3.05, 3.63) is 65.4 Å². The van der Waals surface area contributed by atoms with Crippen LogP contribution in [0.4, 0.5) is 11.4 Å². The largest absolute Gasteiger partial charge is 0.462 e. The number of carbonyl (C=O) groups is 1. The van der Waals surface area contributed by atoms with Crippen molar-refractivity contribution in [3.8, 4) is 6.07 Å². The molecule has 0 bridgehead atoms. The first kappa shape index (κ1) is 21.0. The summed E-state index contributed by atoms with van der Waals surface area (Å²) in [6, 6.07) is 13.3. The van der Waals surface area contributed by atoms with Crippen LogP contribution in [0.2, 0.25) is 0 Å². The van der Waals surface area contributed by atoms with Gasteiger partial charge in [-0.3, -0.25) is 4.72 Å². The summed E-state index contributed by atoms with van der Waals surface area (Å²) in [4.78, 5) is 11.7. The number of rotatable bonds is 7. The Hall–Kier alpha value is -3.31. The number of nitriles is 1. The van der Waals surface area contributed by atoms with Crippen LogP contribution in [0.1, 0.15) is 18.1 Å². The summed E-state index contributed by atoms with van der Waals surface area (Å²) in [6.45, 7) is 5.43. The van der Waals surface area contributed by atoms with Crippen molar-refractivity contribution in [3.63, 3.8) is 0 Å². The zero-order valence-corrected chi connectivity index (χ0v) is 16.6. The number of anilines is 2. The van der Waals surface area contributed by atoms with Crippen LogP contribution in [-0.4, -0.2) is 21.0 Å². The smallest absolute Gasteiger partial charge is 0.350 e. The van der Waals surface area contributed by atoms with Gasteiger partial charge in [0.2, 0.25) is 0 Å². The number of nitrogens with one attached hydrogen (secondary N) is 2. The van der Waals surface area contributed by atoms with E-state index in [-0.39, 0.29) is 17.1 Å². The summed E-state index contributed by atoms with van der Waals surface area (Å²) in [6.07, 6.45) is 1.20. The predicted molar refractivity (Wildman–Crippen MR) is 107 cm³/mol. The Morgan fingerprint density at radius 3 is 2.61 bits per heavy atom. The first-order valence-electron chi connectivity index (χ1n) is 8.51. The lowest BCUT2D eigenvalue weighted by molar-refractivity contribution is -0.138. The summed E-state index contributed by atoms with van der Waals surface area (Å²) in [5, 5.41) is 11.9. The summed E-state index contributed by atoms with van der Waals surface area (Å²) in [5.41, 5.74) is 2.37. The molecule has 0 atom stereocenters. The molecule has 0 heterocycles. The standard InChI is InChI=1S/C20H21N3O4S/c1-4-27-20(24)16(12-21)13-22-19-11-18(9-8-15(19)3)28(25,26)23-17-7-5-6-14(2)10-17/h5-11,13,22-23H,4H2,1-3H3/b16-13+. The predicted octanol–water partition coefficient (Wildman–Crippen LogP) is 3.49. The van der Waals surface area contributed by atoms with Crippen molar-refractivity contribution in [1.29, 1.82) is 5.26 Å². The number of hydrogen-bond acceptors (Lipinski definition) is 6. The van der Waals surface area contributed by atoms with E-state index in [1.807, 2.05) is 13.0 Å². The second-order valence-electron chi connectivity index (χ2n) is 5.99. The number of benzene rings is 2. The lowest BCUT2D eigenvalue weighted by Gasteiger charge is -2.12. The van der Waals surface area contributed by atoms with Gasteiger partial charge in [0.1, 0.15) is 6.07 Å². The Kier molecular flexibility index (Phi) is 6.79. The van der Waals surface area contributed by atoms with Crippen molar-refractivity contribution in [1.82, 2.24) is 0 Å². The highest BCUT2D eigenvalue weighted by Gasteiger charge is 2.16. The third-order valence-electron chi connectivity index (χ3n) is 3.78. The SMILES string of the molecule is CCOC(=O)/C(C#N)=C/Nc1cc(S(=O)(=O)Nc2cccc(C)c2)ccc1C. The van der Waals surface area contributed by atoms with E-state index in [1.165, 1.54) is 18.3 Å². The molecule has 0 aliphatic carbocycles. The fourth-order valence-electron chi connectivity index (χ4n) is 2.34. The van der Waals surface area contributed by atoms with E-state index in [2.05, 4.69) is 10.0 Å². The highest BCUT2D eigenvalue weighted by Crippen LogP contribution is 2.23. The van der Waals surface area contributed by atoms with Gasteiger partial charge in [-0.1, -0.05) is 18.2 Å². The Balaban J connectivity index is 2.29. The molecule has 2 aromatic rings. The van der Waals surface area contributed by atoms with E-state index in [9.17, 15) is 13.2 Å². The lowest BCUT2D eigenvalue weighted by Crippen LogP contribution is -2.13. The molecule has 0 fully saturated rings. The highest BCUT2D eigenvalue weighted by atomic mass is 32.2. The molecule has 2 rings (SSSR count). The number of ether oxygens (including phenoxy) is 1. The number of carbonyl (C=O) groups excluding carboxylic acids is 1. The number of esters is 1. The number of nitrogens with zero attached hydrogens (tertiary/aromatic N) is 1. The number of aryl methyl sites for hydroxylation is 2. The minimum Gasteiger partial charge on any atom is -0.462 e. The van der Waals surface area contributed by atoms with Crippen molar-refractivity contribution >= 4 is 27.4 Å². The maximum absolute atomic E-state index is 12.7. The van der Waals surface area contributed by atoms with Gasteiger partial charge in [0.05, 0.1) is 11.5 Å². The first-order valence-corrected chi connectivity index (χ1v) is 9.99. The Bertz CT molecular complexity index is 1050. The van der Waals surface area contributed by atoms with Crippen molar-refractivity contribution in [2.45, 2.75) is 25.7 Å². The first-order chi connectivity index (χ1) is 13.3. The average Bonchev–Trinajstić information content (AvgIpc) is 2.63. The molecule has 0 unspecified atom stereocenters. The zero-order chi connectivity index (χ0) is 20.7. The molecular formula is C20H21N3O4S. The van der Waals surface area contributed by atoms with Crippen LogP contribution in [0.3, 0.4) is 0 Å². The molecule has 0 spiro atoms. The van der Waals surface area contributed by atoms with Crippen LogP contribution in [0.25, 0.3) is 0 Å². The fraction of sp³-hybridized carbons (Fsp3) is 0.200. The Labute approximate surface area is 164 Å². The van der Waals surface area contributed by atoms with Gasteiger partial charge in [0.15, 0.2) is 5.57 Å². The Morgan fingerprint density at radius 1 is 1.21 bits per heavy atom. The average molecular weight is 399 g/mol. The minimum atomic E-state index is -3.81. The van der Waals surface area contributed by atoms with E-state index in [4.69, 9.17) is 10.00 Å². The van der Waals surface area contributed by atoms with Crippen LogP contribution in [0, 0.1) is 25.2 Å². The molecule has 2 N–H and O–H groups in total. The van der Waals surface area contributed by atoms with Crippen molar-refractivity contribution in [2.75, 3.05) is 16.6 Å². The van der Waals surface area contributed by atoms with Gasteiger partial charge in [0.25, 0.3) is 10.0 Å². The number of sulfonamides is 1. The van der Waals surface area contributed by atoms with Gasteiger partial charge in [-0.05, 0) is 56.2 Å². The van der Waals surface area contributed by atoms with Crippen LogP contribution >= 0.6 is 0 Å². The van der Waals surface area contributed by atoms with Gasteiger partial charge in [-0.25, -0.2) is 13.2 Å². The van der Waals surface area contributed by atoms with Crippen LogP contribution < -0.4 is 10.0 Å². The molecule has 28 heavy (non-hydrogen) atoms. The molecule has 0 aromatic heterocycles. The van der Waals surface area contributed by atoms with E-state index in [0.29, 0.717) is 11.4 Å². The van der Waals surface area contributed by atoms with Gasteiger partial charge in [0, 0.05) is 17.6 Å². The maximum Gasteiger partial charge on any atom is 0.350 e. The second-order valence-corrected chi connectivity index (χ2v) is 7.67. The molecule has 0 radical (unpaired) electrons. The molecule has 146 valence electrons. The summed E-state index contributed by atoms with van der Waals surface area (Å²) in [7, 11) is -3.81. The van der Waals surface area contributed by atoms with Gasteiger partial charge in [-0.15, -0.1) is 0 Å². The van der Waals surface area contributed by atoms with Gasteiger partial charge < -0.3 is 10.1 Å². The van der Waals surface area contributed by atoms with E-state index >= 15 is 0 Å². The molecule has 0 amide bonds. The molecular weight excluding hydrogens is 378 g/mol. The lowest BCUT2D eigenvalue weighted by atomic mass is 10.2. The summed E-state index contributed by atoms with van der Waals surface area (Å²) in [5.74, 6) is -0.750. The van der Waals surface area contributed by atoms with E-state index in [1.54, 1.807) is 44.2 Å². The third-order valence-corrected chi connectivity index (χ3v) is 5.16. The van der Waals surface area contributed by atoms with Crippen LogP contribution in [0.15, 0.2) is 59.1 Å². The Morgan fingerprint density at radius 2 is 1.96 bits per heavy atom. The minimum absolute atomic E-state index is 0.0464. The second kappa shape index (κ2) is 9.06. The normalized spacial score (nSPS) is 11.4. The molecule has 2 aromatic carbocycles. The van der Waals surface area contributed by atoms with Gasteiger partial charge >= 0.3 is 5.97 Å². The highest BCUT2D eigenvalue weighted by molar-refractivity contribution is 7.92. The third kappa shape index (κ3) is 5.34. The molecule has 8 heteroatoms. The summed E-state index contributed by atoms with van der Waals surface area (Å²) >= 11 is 0. The fourth-order valence-corrected chi connectivity index (χ4v) is 3.42. The molecule has 0 aliphatic heterocycles. The summed E-state index contributed by atoms with van der Waals surface area (Å²) < 4.78 is 32.7.